The summed E-state index contributed by atoms with van der Waals surface area (Å²) in [5.74, 6) is 1.67. The van der Waals surface area contributed by atoms with Gasteiger partial charge in [-0.2, -0.15) is 0 Å². The molecule has 0 unspecified atom stereocenters. The first-order chi connectivity index (χ1) is 8.63. The Morgan fingerprint density at radius 2 is 1.72 bits per heavy atom. The number of rotatable bonds is 4. The van der Waals surface area contributed by atoms with Crippen LogP contribution in [0.2, 0.25) is 0 Å². The second kappa shape index (κ2) is 6.18. The highest BCUT2D eigenvalue weighted by Crippen LogP contribution is 2.35. The molecule has 0 aromatic rings. The largest absolute Gasteiger partial charge is 0.325 e. The lowest BCUT2D eigenvalue weighted by Gasteiger charge is -2.35. The van der Waals surface area contributed by atoms with E-state index in [0.29, 0.717) is 18.1 Å². The zero-order chi connectivity index (χ0) is 13.0. The Bertz CT molecular complexity index is 273. The molecule has 104 valence electrons. The van der Waals surface area contributed by atoms with E-state index in [1.54, 1.807) is 0 Å². The minimum atomic E-state index is -0.156. The monoisotopic (exact) mass is 251 g/mol. The molecule has 2 nitrogen and oxygen atoms in total. The number of carbonyl (C=O) groups excluding carboxylic acids is 1. The summed E-state index contributed by atoms with van der Waals surface area (Å²) in [6.45, 7) is 2.27. The molecule has 2 saturated carbocycles. The Balaban J connectivity index is 1.81. The van der Waals surface area contributed by atoms with Crippen LogP contribution in [-0.2, 0) is 4.79 Å². The van der Waals surface area contributed by atoms with Crippen LogP contribution in [0.4, 0.5) is 0 Å². The summed E-state index contributed by atoms with van der Waals surface area (Å²) in [4.78, 5) is 12.4. The smallest absolute Gasteiger partial charge is 0.137 e. The first-order valence-corrected chi connectivity index (χ1v) is 7.94. The predicted molar refractivity (Wildman–Crippen MR) is 75.4 cm³/mol. The summed E-state index contributed by atoms with van der Waals surface area (Å²) >= 11 is 0. The van der Waals surface area contributed by atoms with Crippen LogP contribution in [0.1, 0.15) is 77.6 Å². The van der Waals surface area contributed by atoms with Crippen molar-refractivity contribution in [1.82, 2.24) is 0 Å². The van der Waals surface area contributed by atoms with E-state index in [9.17, 15) is 4.79 Å². The van der Waals surface area contributed by atoms with E-state index in [0.717, 1.165) is 31.6 Å². The molecule has 2 fully saturated rings. The van der Waals surface area contributed by atoms with Gasteiger partial charge in [-0.15, -0.1) is 0 Å². The van der Waals surface area contributed by atoms with Gasteiger partial charge in [0.2, 0.25) is 0 Å². The van der Waals surface area contributed by atoms with Gasteiger partial charge < -0.3 is 5.73 Å². The molecule has 0 aromatic carbocycles. The van der Waals surface area contributed by atoms with Gasteiger partial charge in [0.05, 0.1) is 0 Å². The minimum absolute atomic E-state index is 0.156. The van der Waals surface area contributed by atoms with Crippen LogP contribution in [0, 0.1) is 11.8 Å². The van der Waals surface area contributed by atoms with Crippen molar-refractivity contribution in [3.05, 3.63) is 0 Å². The van der Waals surface area contributed by atoms with Gasteiger partial charge in [-0.05, 0) is 44.4 Å². The van der Waals surface area contributed by atoms with Gasteiger partial charge in [0, 0.05) is 17.9 Å². The quantitative estimate of drug-likeness (QED) is 0.825. The van der Waals surface area contributed by atoms with E-state index in [-0.39, 0.29) is 5.54 Å². The van der Waals surface area contributed by atoms with Crippen molar-refractivity contribution in [1.29, 1.82) is 0 Å². The maximum absolute atomic E-state index is 12.4. The molecular weight excluding hydrogens is 222 g/mol. The lowest BCUT2D eigenvalue weighted by atomic mass is 9.73. The molecule has 0 radical (unpaired) electrons. The summed E-state index contributed by atoms with van der Waals surface area (Å²) < 4.78 is 0. The third-order valence-corrected chi connectivity index (χ3v) is 5.26. The second-order valence-electron chi connectivity index (χ2n) is 6.69. The van der Waals surface area contributed by atoms with Gasteiger partial charge in [0.1, 0.15) is 5.78 Å². The molecule has 2 aliphatic carbocycles. The first-order valence-electron chi connectivity index (χ1n) is 7.94. The van der Waals surface area contributed by atoms with E-state index >= 15 is 0 Å². The van der Waals surface area contributed by atoms with Crippen molar-refractivity contribution in [3.63, 3.8) is 0 Å². The molecule has 0 saturated heterocycles. The SMILES string of the molecule is CCC1CCC(C(=O)CC2(N)CCCCC2)CC1. The number of ketones is 1. The number of Topliss-reactive ketones (excluding diaryl/α,β-unsaturated/α-hetero) is 1. The normalized spacial score (nSPS) is 32.1. The Hall–Kier alpha value is -0.370. The summed E-state index contributed by atoms with van der Waals surface area (Å²) in [6, 6.07) is 0. The van der Waals surface area contributed by atoms with Gasteiger partial charge in [0.15, 0.2) is 0 Å². The average Bonchev–Trinajstić information content (AvgIpc) is 2.39. The highest BCUT2D eigenvalue weighted by Gasteiger charge is 2.33. The third kappa shape index (κ3) is 3.57. The Kier molecular flexibility index (Phi) is 4.83. The van der Waals surface area contributed by atoms with Crippen LogP contribution in [0.3, 0.4) is 0 Å². The zero-order valence-electron chi connectivity index (χ0n) is 11.9. The molecule has 2 heteroatoms. The van der Waals surface area contributed by atoms with Gasteiger partial charge >= 0.3 is 0 Å². The molecule has 2 rings (SSSR count). The average molecular weight is 251 g/mol. The number of hydrogen-bond acceptors (Lipinski definition) is 2. The Labute approximate surface area is 112 Å². The highest BCUT2D eigenvalue weighted by molar-refractivity contribution is 5.82. The maximum atomic E-state index is 12.4. The van der Waals surface area contributed by atoms with E-state index in [4.69, 9.17) is 5.73 Å². The topological polar surface area (TPSA) is 43.1 Å². The van der Waals surface area contributed by atoms with Crippen molar-refractivity contribution >= 4 is 5.78 Å². The fourth-order valence-electron chi connectivity index (χ4n) is 3.82. The van der Waals surface area contributed by atoms with Gasteiger partial charge in [-0.3, -0.25) is 4.79 Å². The fraction of sp³-hybridized carbons (Fsp3) is 0.938. The van der Waals surface area contributed by atoms with Crippen molar-refractivity contribution < 1.29 is 4.79 Å². The third-order valence-electron chi connectivity index (χ3n) is 5.26. The van der Waals surface area contributed by atoms with Crippen molar-refractivity contribution in [2.24, 2.45) is 17.6 Å². The molecule has 0 heterocycles. The lowest BCUT2D eigenvalue weighted by Crippen LogP contribution is -2.44. The van der Waals surface area contributed by atoms with Crippen molar-refractivity contribution in [3.8, 4) is 0 Å². The minimum Gasteiger partial charge on any atom is -0.325 e. The second-order valence-corrected chi connectivity index (χ2v) is 6.69. The van der Waals surface area contributed by atoms with Crippen LogP contribution in [0.25, 0.3) is 0 Å². The first kappa shape index (κ1) is 14.0. The lowest BCUT2D eigenvalue weighted by molar-refractivity contribution is -0.125. The van der Waals surface area contributed by atoms with E-state index < -0.39 is 0 Å². The molecule has 18 heavy (non-hydrogen) atoms. The van der Waals surface area contributed by atoms with Crippen molar-refractivity contribution in [2.75, 3.05) is 0 Å². The Morgan fingerprint density at radius 1 is 1.11 bits per heavy atom. The summed E-state index contributed by atoms with van der Waals surface area (Å²) in [5.41, 5.74) is 6.24. The fourth-order valence-corrected chi connectivity index (χ4v) is 3.82. The highest BCUT2D eigenvalue weighted by atomic mass is 16.1. The van der Waals surface area contributed by atoms with E-state index in [1.807, 2.05) is 0 Å². The Morgan fingerprint density at radius 3 is 2.28 bits per heavy atom. The van der Waals surface area contributed by atoms with Crippen LogP contribution in [-0.4, -0.2) is 11.3 Å². The number of carbonyl (C=O) groups is 1. The van der Waals surface area contributed by atoms with E-state index in [1.165, 1.54) is 38.5 Å². The van der Waals surface area contributed by atoms with Gasteiger partial charge in [0.25, 0.3) is 0 Å². The van der Waals surface area contributed by atoms with Crippen LogP contribution < -0.4 is 5.73 Å². The number of hydrogen-bond donors (Lipinski definition) is 1. The molecule has 0 atom stereocenters. The summed E-state index contributed by atoms with van der Waals surface area (Å²) in [5, 5.41) is 0. The molecule has 2 N–H and O–H groups in total. The number of nitrogens with two attached hydrogens (primary N) is 1. The van der Waals surface area contributed by atoms with Crippen molar-refractivity contribution in [2.45, 2.75) is 83.1 Å². The molecule has 0 bridgehead atoms. The van der Waals surface area contributed by atoms with Gasteiger partial charge in [-0.1, -0.05) is 32.6 Å². The molecule has 0 aliphatic heterocycles. The van der Waals surface area contributed by atoms with Gasteiger partial charge in [-0.25, -0.2) is 0 Å². The summed E-state index contributed by atoms with van der Waals surface area (Å²) in [7, 11) is 0. The predicted octanol–water partition coefficient (Wildman–Crippen LogP) is 3.82. The van der Waals surface area contributed by atoms with Crippen LogP contribution in [0.15, 0.2) is 0 Å². The molecule has 0 amide bonds. The zero-order valence-corrected chi connectivity index (χ0v) is 11.9. The summed E-state index contributed by atoms with van der Waals surface area (Å²) in [6.07, 6.45) is 12.5. The van der Waals surface area contributed by atoms with E-state index in [2.05, 4.69) is 6.92 Å². The molecule has 0 aromatic heterocycles. The molecular formula is C16H29NO. The van der Waals surface area contributed by atoms with Crippen LogP contribution >= 0.6 is 0 Å². The van der Waals surface area contributed by atoms with Crippen LogP contribution in [0.5, 0.6) is 0 Å². The molecule has 2 aliphatic rings. The molecule has 0 spiro atoms. The maximum Gasteiger partial charge on any atom is 0.137 e. The standard InChI is InChI=1S/C16H29NO/c1-2-13-6-8-14(9-7-13)15(18)12-16(17)10-4-3-5-11-16/h13-14H,2-12,17H2,1H3.